The van der Waals surface area contributed by atoms with Gasteiger partial charge in [-0.3, -0.25) is 4.21 Å². The van der Waals surface area contributed by atoms with Crippen LogP contribution in [-0.2, 0) is 27.8 Å². The van der Waals surface area contributed by atoms with Crippen LogP contribution in [0.25, 0.3) is 0 Å². The fourth-order valence-electron chi connectivity index (χ4n) is 2.29. The highest BCUT2D eigenvalue weighted by Gasteiger charge is 2.19. The van der Waals surface area contributed by atoms with Crippen LogP contribution in [0, 0.1) is 0 Å². The van der Waals surface area contributed by atoms with E-state index in [2.05, 4.69) is 0 Å². The molecular formula is C14H21NO3S. The number of hydrogen-bond donors (Lipinski definition) is 1. The zero-order chi connectivity index (χ0) is 13.7. The van der Waals surface area contributed by atoms with Crippen LogP contribution < -0.4 is 10.5 Å². The number of ether oxygens (including phenoxy) is 2. The average molecular weight is 283 g/mol. The minimum atomic E-state index is -0.929. The molecule has 0 amide bonds. The van der Waals surface area contributed by atoms with E-state index in [-0.39, 0.29) is 6.10 Å². The Balaban J connectivity index is 2.01. The Labute approximate surface area is 116 Å². The predicted molar refractivity (Wildman–Crippen MR) is 76.6 cm³/mol. The molecule has 106 valence electrons. The second-order valence-corrected chi connectivity index (χ2v) is 6.24. The van der Waals surface area contributed by atoms with Crippen LogP contribution in [0.3, 0.4) is 0 Å². The van der Waals surface area contributed by atoms with Crippen LogP contribution in [0.2, 0.25) is 0 Å². The zero-order valence-electron chi connectivity index (χ0n) is 11.3. The second-order valence-electron chi connectivity index (χ2n) is 4.74. The molecule has 2 unspecified atom stereocenters. The van der Waals surface area contributed by atoms with Crippen molar-refractivity contribution < 1.29 is 13.7 Å². The van der Waals surface area contributed by atoms with E-state index >= 15 is 0 Å². The van der Waals surface area contributed by atoms with Gasteiger partial charge in [0.15, 0.2) is 0 Å². The van der Waals surface area contributed by atoms with Crippen LogP contribution in [0.5, 0.6) is 5.75 Å². The molecule has 1 fully saturated rings. The average Bonchev–Trinajstić information content (AvgIpc) is 2.91. The molecule has 0 aliphatic carbocycles. The Kier molecular flexibility index (Phi) is 5.36. The third-order valence-corrected chi connectivity index (χ3v) is 4.67. The summed E-state index contributed by atoms with van der Waals surface area (Å²) in [6.45, 7) is 1.28. The van der Waals surface area contributed by atoms with E-state index in [0.717, 1.165) is 36.3 Å². The second kappa shape index (κ2) is 7.03. The first kappa shape index (κ1) is 14.5. The maximum Gasteiger partial charge on any atom is 0.123 e. The smallest absolute Gasteiger partial charge is 0.123 e. The lowest BCUT2D eigenvalue weighted by atomic mass is 10.1. The van der Waals surface area contributed by atoms with E-state index in [9.17, 15) is 4.21 Å². The van der Waals surface area contributed by atoms with Gasteiger partial charge in [-0.2, -0.15) is 0 Å². The van der Waals surface area contributed by atoms with Gasteiger partial charge < -0.3 is 15.2 Å². The lowest BCUT2D eigenvalue weighted by molar-refractivity contribution is 0.128. The van der Waals surface area contributed by atoms with Gasteiger partial charge in [0.2, 0.25) is 0 Å². The molecule has 1 aliphatic rings. The first-order valence-electron chi connectivity index (χ1n) is 6.55. The fraction of sp³-hybridized carbons (Fsp3) is 0.571. The number of rotatable bonds is 6. The summed E-state index contributed by atoms with van der Waals surface area (Å²) in [6.07, 6.45) is 2.25. The third kappa shape index (κ3) is 4.03. The Morgan fingerprint density at radius 1 is 1.53 bits per heavy atom. The molecule has 1 aromatic carbocycles. The summed E-state index contributed by atoms with van der Waals surface area (Å²) in [5.41, 5.74) is 7.63. The maximum atomic E-state index is 12.2. The minimum Gasteiger partial charge on any atom is -0.496 e. The molecule has 19 heavy (non-hydrogen) atoms. The summed E-state index contributed by atoms with van der Waals surface area (Å²) in [7, 11) is 0.700. The van der Waals surface area contributed by atoms with E-state index < -0.39 is 10.8 Å². The lowest BCUT2D eigenvalue weighted by Crippen LogP contribution is -2.17. The summed E-state index contributed by atoms with van der Waals surface area (Å²) in [6, 6.07) is 5.80. The van der Waals surface area contributed by atoms with Gasteiger partial charge in [0.25, 0.3) is 0 Å². The van der Waals surface area contributed by atoms with Gasteiger partial charge in [0.05, 0.1) is 24.7 Å². The van der Waals surface area contributed by atoms with Crippen LogP contribution in [-0.4, -0.2) is 29.8 Å². The summed E-state index contributed by atoms with van der Waals surface area (Å²) in [4.78, 5) is 0. The van der Waals surface area contributed by atoms with E-state index in [0.29, 0.717) is 18.1 Å². The number of methoxy groups -OCH3 is 1. The summed E-state index contributed by atoms with van der Waals surface area (Å²) < 4.78 is 23.0. The third-order valence-electron chi connectivity index (χ3n) is 3.29. The van der Waals surface area contributed by atoms with E-state index in [1.54, 1.807) is 7.11 Å². The number of benzene rings is 1. The van der Waals surface area contributed by atoms with Crippen molar-refractivity contribution in [3.8, 4) is 5.75 Å². The molecule has 1 aliphatic heterocycles. The predicted octanol–water partition coefficient (Wildman–Crippen LogP) is 1.58. The number of hydrogen-bond acceptors (Lipinski definition) is 4. The van der Waals surface area contributed by atoms with Crippen LogP contribution in [0.1, 0.15) is 24.0 Å². The number of nitrogens with two attached hydrogens (primary N) is 1. The van der Waals surface area contributed by atoms with Crippen molar-refractivity contribution in [1.82, 2.24) is 0 Å². The molecule has 0 radical (unpaired) electrons. The molecule has 1 aromatic rings. The maximum absolute atomic E-state index is 12.2. The quantitative estimate of drug-likeness (QED) is 0.861. The van der Waals surface area contributed by atoms with E-state index in [1.165, 1.54) is 0 Å². The highest BCUT2D eigenvalue weighted by molar-refractivity contribution is 7.84. The largest absolute Gasteiger partial charge is 0.496 e. The van der Waals surface area contributed by atoms with Gasteiger partial charge in [0.1, 0.15) is 5.75 Å². The SMILES string of the molecule is COc1ccc(CN)cc1CS(=O)CC1CCCO1. The first-order valence-corrected chi connectivity index (χ1v) is 8.04. The summed E-state index contributed by atoms with van der Waals surface area (Å²) in [5.74, 6) is 1.88. The van der Waals surface area contributed by atoms with Crippen molar-refractivity contribution in [2.45, 2.75) is 31.2 Å². The zero-order valence-corrected chi connectivity index (χ0v) is 12.1. The standard InChI is InChI=1S/C14H21NO3S/c1-17-14-5-4-11(8-15)7-12(14)9-19(16)10-13-3-2-6-18-13/h4-5,7,13H,2-3,6,8-10,15H2,1H3. The van der Waals surface area contributed by atoms with Gasteiger partial charge in [0, 0.05) is 29.5 Å². The topological polar surface area (TPSA) is 61.5 Å². The van der Waals surface area contributed by atoms with Crippen molar-refractivity contribution >= 4 is 10.8 Å². The molecule has 2 N–H and O–H groups in total. The Morgan fingerprint density at radius 2 is 2.37 bits per heavy atom. The molecule has 0 spiro atoms. The van der Waals surface area contributed by atoms with Gasteiger partial charge in [-0.1, -0.05) is 6.07 Å². The van der Waals surface area contributed by atoms with Crippen molar-refractivity contribution in [2.24, 2.45) is 5.73 Å². The van der Waals surface area contributed by atoms with Gasteiger partial charge >= 0.3 is 0 Å². The highest BCUT2D eigenvalue weighted by atomic mass is 32.2. The van der Waals surface area contributed by atoms with Crippen molar-refractivity contribution in [3.63, 3.8) is 0 Å². The molecular weight excluding hydrogens is 262 g/mol. The first-order chi connectivity index (χ1) is 9.22. The summed E-state index contributed by atoms with van der Waals surface area (Å²) >= 11 is 0. The molecule has 1 heterocycles. The fourth-order valence-corrected chi connectivity index (χ4v) is 3.66. The van der Waals surface area contributed by atoms with E-state index in [1.807, 2.05) is 18.2 Å². The van der Waals surface area contributed by atoms with Crippen molar-refractivity contribution in [3.05, 3.63) is 29.3 Å². The monoisotopic (exact) mass is 283 g/mol. The lowest BCUT2D eigenvalue weighted by Gasteiger charge is -2.12. The minimum absolute atomic E-state index is 0.157. The Morgan fingerprint density at radius 3 is 3.00 bits per heavy atom. The molecule has 0 aromatic heterocycles. The van der Waals surface area contributed by atoms with Crippen molar-refractivity contribution in [2.75, 3.05) is 19.5 Å². The molecule has 2 atom stereocenters. The summed E-state index contributed by atoms with van der Waals surface area (Å²) in [5, 5.41) is 0. The van der Waals surface area contributed by atoms with Gasteiger partial charge in [-0.05, 0) is 30.5 Å². The Bertz CT molecular complexity index is 444. The highest BCUT2D eigenvalue weighted by Crippen LogP contribution is 2.22. The molecule has 0 saturated carbocycles. The van der Waals surface area contributed by atoms with Crippen LogP contribution >= 0.6 is 0 Å². The Hall–Kier alpha value is -0.910. The molecule has 0 bridgehead atoms. The van der Waals surface area contributed by atoms with Crippen LogP contribution in [0.4, 0.5) is 0 Å². The van der Waals surface area contributed by atoms with E-state index in [4.69, 9.17) is 15.2 Å². The molecule has 2 rings (SSSR count). The molecule has 4 nitrogen and oxygen atoms in total. The van der Waals surface area contributed by atoms with Gasteiger partial charge in [-0.25, -0.2) is 0 Å². The molecule has 5 heteroatoms. The van der Waals surface area contributed by atoms with Crippen molar-refractivity contribution in [1.29, 1.82) is 0 Å². The van der Waals surface area contributed by atoms with Gasteiger partial charge in [-0.15, -0.1) is 0 Å². The normalized spacial score (nSPS) is 20.4. The van der Waals surface area contributed by atoms with Crippen LogP contribution in [0.15, 0.2) is 18.2 Å². The molecule has 1 saturated heterocycles.